The minimum Gasteiger partial charge on any atom is -0.462 e. The maximum Gasteiger partial charge on any atom is 0.306 e. The van der Waals surface area contributed by atoms with Crippen LogP contribution in [0.2, 0.25) is 0 Å². The van der Waals surface area contributed by atoms with Gasteiger partial charge in [0.05, 0.1) is 6.61 Å². The Morgan fingerprint density at radius 2 is 0.765 bits per heavy atom. The molecule has 0 aromatic carbocycles. The van der Waals surface area contributed by atoms with Crippen molar-refractivity contribution in [3.63, 3.8) is 0 Å². The largest absolute Gasteiger partial charge is 0.462 e. The fourth-order valence-corrected chi connectivity index (χ4v) is 7.01. The second kappa shape index (κ2) is 40.1. The number of carbonyl (C=O) groups is 2. The van der Waals surface area contributed by atoms with Crippen LogP contribution in [-0.2, 0) is 19.1 Å². The van der Waals surface area contributed by atoms with Crippen molar-refractivity contribution in [3.8, 4) is 0 Å². The van der Waals surface area contributed by atoms with Gasteiger partial charge < -0.3 is 14.6 Å². The molecule has 0 bridgehead atoms. The first-order valence-electron chi connectivity index (χ1n) is 22.8. The molecule has 0 aromatic rings. The van der Waals surface area contributed by atoms with Crippen molar-refractivity contribution in [1.82, 2.24) is 0 Å². The molecule has 5 heteroatoms. The number of rotatable bonds is 41. The lowest BCUT2D eigenvalue weighted by atomic mass is 9.99. The normalized spacial score (nSPS) is 12.7. The lowest BCUT2D eigenvalue weighted by molar-refractivity contribution is -0.161. The highest BCUT2D eigenvalue weighted by Crippen LogP contribution is 2.18. The Bertz CT molecular complexity index is 722. The number of ether oxygens (including phenoxy) is 2. The van der Waals surface area contributed by atoms with Crippen LogP contribution in [-0.4, -0.2) is 36.4 Å². The smallest absolute Gasteiger partial charge is 0.306 e. The second-order valence-corrected chi connectivity index (χ2v) is 16.6. The zero-order valence-corrected chi connectivity index (χ0v) is 35.0. The van der Waals surface area contributed by atoms with E-state index >= 15 is 0 Å². The lowest BCUT2D eigenvalue weighted by Crippen LogP contribution is -2.28. The Kier molecular flexibility index (Phi) is 39.2. The standard InChI is InChI=1S/C46H90O5/c1-5-43(4)37-33-29-25-21-17-12-10-8-6-7-9-11-13-18-22-26-30-34-38-45(48)50-41-44(40-47)51-46(49)39-35-31-27-23-19-15-14-16-20-24-28-32-36-42(2)3/h42-44,47H,5-41H2,1-4H3/t43?,44-/m0/s1. The SMILES string of the molecule is CCC(C)CCCCCCCCCCCCCCCCCCCCC(=O)OC[C@H](CO)OC(=O)CCCCCCCCCCCCCCC(C)C. The van der Waals surface area contributed by atoms with Gasteiger partial charge in [-0.1, -0.05) is 227 Å². The summed E-state index contributed by atoms with van der Waals surface area (Å²) in [7, 11) is 0. The minimum atomic E-state index is -0.763. The van der Waals surface area contributed by atoms with E-state index in [9.17, 15) is 14.7 Å². The van der Waals surface area contributed by atoms with Crippen LogP contribution in [0.5, 0.6) is 0 Å². The van der Waals surface area contributed by atoms with Crippen molar-refractivity contribution < 1.29 is 24.2 Å². The molecule has 0 aliphatic heterocycles. The van der Waals surface area contributed by atoms with Crippen molar-refractivity contribution >= 4 is 11.9 Å². The molecule has 0 amide bonds. The van der Waals surface area contributed by atoms with E-state index in [1.165, 1.54) is 180 Å². The van der Waals surface area contributed by atoms with Gasteiger partial charge in [0.15, 0.2) is 6.10 Å². The average Bonchev–Trinajstić information content (AvgIpc) is 3.12. The third-order valence-corrected chi connectivity index (χ3v) is 10.9. The van der Waals surface area contributed by atoms with Crippen LogP contribution in [0.3, 0.4) is 0 Å². The zero-order chi connectivity index (χ0) is 37.5. The summed E-state index contributed by atoms with van der Waals surface area (Å²) < 4.78 is 10.7. The predicted molar refractivity (Wildman–Crippen MR) is 219 cm³/mol. The summed E-state index contributed by atoms with van der Waals surface area (Å²) in [6, 6.07) is 0. The van der Waals surface area contributed by atoms with Crippen LogP contribution in [0.15, 0.2) is 0 Å². The van der Waals surface area contributed by atoms with Crippen LogP contribution in [0.1, 0.15) is 252 Å². The number of aliphatic hydroxyl groups excluding tert-OH is 1. The Balaban J connectivity index is 3.45. The van der Waals surface area contributed by atoms with Crippen LogP contribution in [0.25, 0.3) is 0 Å². The van der Waals surface area contributed by atoms with E-state index < -0.39 is 6.10 Å². The molecule has 304 valence electrons. The summed E-state index contributed by atoms with van der Waals surface area (Å²) in [5, 5.41) is 9.58. The summed E-state index contributed by atoms with van der Waals surface area (Å²) in [4.78, 5) is 24.3. The van der Waals surface area contributed by atoms with Gasteiger partial charge in [-0.2, -0.15) is 0 Å². The van der Waals surface area contributed by atoms with Crippen molar-refractivity contribution in [2.24, 2.45) is 11.8 Å². The first-order chi connectivity index (χ1) is 24.9. The predicted octanol–water partition coefficient (Wildman–Crippen LogP) is 14.4. The fraction of sp³-hybridized carbons (Fsp3) is 0.957. The molecule has 0 aliphatic rings. The van der Waals surface area contributed by atoms with Crippen LogP contribution < -0.4 is 0 Å². The highest BCUT2D eigenvalue weighted by atomic mass is 16.6. The second-order valence-electron chi connectivity index (χ2n) is 16.6. The van der Waals surface area contributed by atoms with Crippen molar-refractivity contribution in [2.75, 3.05) is 13.2 Å². The molecule has 1 unspecified atom stereocenters. The molecular formula is C46H90O5. The summed E-state index contributed by atoms with van der Waals surface area (Å²) >= 11 is 0. The van der Waals surface area contributed by atoms with Gasteiger partial charge in [0.1, 0.15) is 6.61 Å². The van der Waals surface area contributed by atoms with E-state index in [-0.39, 0.29) is 25.2 Å². The van der Waals surface area contributed by atoms with E-state index in [0.29, 0.717) is 12.8 Å². The number of hydrogen-bond acceptors (Lipinski definition) is 5. The Labute approximate surface area is 319 Å². The summed E-state index contributed by atoms with van der Waals surface area (Å²) in [5.74, 6) is 1.18. The van der Waals surface area contributed by atoms with Gasteiger partial charge >= 0.3 is 11.9 Å². The van der Waals surface area contributed by atoms with E-state index in [2.05, 4.69) is 27.7 Å². The molecule has 0 aliphatic carbocycles. The Morgan fingerprint density at radius 1 is 0.451 bits per heavy atom. The molecule has 0 aromatic heterocycles. The summed E-state index contributed by atoms with van der Waals surface area (Å²) in [5.41, 5.74) is 0. The maximum atomic E-state index is 12.2. The van der Waals surface area contributed by atoms with Crippen LogP contribution in [0, 0.1) is 11.8 Å². The molecule has 0 fully saturated rings. The molecule has 0 radical (unpaired) electrons. The zero-order valence-electron chi connectivity index (χ0n) is 35.0. The third kappa shape index (κ3) is 39.9. The molecular weight excluding hydrogens is 633 g/mol. The molecule has 2 atom stereocenters. The fourth-order valence-electron chi connectivity index (χ4n) is 7.01. The van der Waals surface area contributed by atoms with Gasteiger partial charge in [0.2, 0.25) is 0 Å². The van der Waals surface area contributed by atoms with E-state index in [1.54, 1.807) is 0 Å². The van der Waals surface area contributed by atoms with Gasteiger partial charge in [-0.15, -0.1) is 0 Å². The highest BCUT2D eigenvalue weighted by Gasteiger charge is 2.16. The van der Waals surface area contributed by atoms with E-state index in [0.717, 1.165) is 43.9 Å². The molecule has 0 saturated carbocycles. The Morgan fingerprint density at radius 3 is 1.10 bits per heavy atom. The van der Waals surface area contributed by atoms with Gasteiger partial charge in [0.25, 0.3) is 0 Å². The summed E-state index contributed by atoms with van der Waals surface area (Å²) in [6.45, 7) is 8.93. The van der Waals surface area contributed by atoms with Crippen molar-refractivity contribution in [2.45, 2.75) is 259 Å². The van der Waals surface area contributed by atoms with E-state index in [4.69, 9.17) is 9.47 Å². The lowest BCUT2D eigenvalue weighted by Gasteiger charge is -2.15. The summed E-state index contributed by atoms with van der Waals surface area (Å²) in [6.07, 6.45) is 43.1. The van der Waals surface area contributed by atoms with Gasteiger partial charge in [0, 0.05) is 12.8 Å². The van der Waals surface area contributed by atoms with Gasteiger partial charge in [-0.25, -0.2) is 0 Å². The maximum absolute atomic E-state index is 12.2. The van der Waals surface area contributed by atoms with Crippen LogP contribution in [0.4, 0.5) is 0 Å². The highest BCUT2D eigenvalue weighted by molar-refractivity contribution is 5.70. The molecule has 0 heterocycles. The Hall–Kier alpha value is -1.10. The number of unbranched alkanes of at least 4 members (excludes halogenated alkanes) is 28. The van der Waals surface area contributed by atoms with Crippen molar-refractivity contribution in [1.29, 1.82) is 0 Å². The van der Waals surface area contributed by atoms with E-state index in [1.807, 2.05) is 0 Å². The average molecular weight is 723 g/mol. The quantitative estimate of drug-likeness (QED) is 0.0502. The molecule has 1 N–H and O–H groups in total. The molecule has 0 rings (SSSR count). The van der Waals surface area contributed by atoms with Crippen molar-refractivity contribution in [3.05, 3.63) is 0 Å². The number of esters is 2. The first-order valence-corrected chi connectivity index (χ1v) is 22.8. The minimum absolute atomic E-state index is 0.0578. The number of carbonyl (C=O) groups excluding carboxylic acids is 2. The molecule has 51 heavy (non-hydrogen) atoms. The topological polar surface area (TPSA) is 72.8 Å². The molecule has 5 nitrogen and oxygen atoms in total. The first kappa shape index (κ1) is 49.9. The number of aliphatic hydroxyl groups is 1. The molecule has 0 spiro atoms. The molecule has 0 saturated heterocycles. The van der Waals surface area contributed by atoms with Gasteiger partial charge in [-0.3, -0.25) is 9.59 Å². The third-order valence-electron chi connectivity index (χ3n) is 10.9. The monoisotopic (exact) mass is 723 g/mol. The van der Waals surface area contributed by atoms with Gasteiger partial charge in [-0.05, 0) is 24.7 Å². The van der Waals surface area contributed by atoms with Crippen LogP contribution >= 0.6 is 0 Å². The number of hydrogen-bond donors (Lipinski definition) is 1.